The van der Waals surface area contributed by atoms with Crippen molar-refractivity contribution in [1.82, 2.24) is 0 Å². The van der Waals surface area contributed by atoms with Gasteiger partial charge in [0.05, 0.1) is 22.5 Å². The van der Waals surface area contributed by atoms with Crippen LogP contribution in [0.2, 0.25) is 10.0 Å². The fraction of sp³-hybridized carbons (Fsp3) is 0.150. The minimum atomic E-state index is -0.570. The third-order valence-corrected chi connectivity index (χ3v) is 4.27. The summed E-state index contributed by atoms with van der Waals surface area (Å²) in [5.41, 5.74) is 0.677. The van der Waals surface area contributed by atoms with Gasteiger partial charge in [-0.05, 0) is 30.3 Å². The molecule has 0 fully saturated rings. The Balaban J connectivity index is 1.90. The molecule has 9 heteroatoms. The number of esters is 2. The highest BCUT2D eigenvalue weighted by Gasteiger charge is 2.21. The minimum absolute atomic E-state index is 0.124. The van der Waals surface area contributed by atoms with E-state index in [0.29, 0.717) is 21.7 Å². The maximum Gasteiger partial charge on any atom is 0.308 e. The third kappa shape index (κ3) is 5.07. The second-order valence-corrected chi connectivity index (χ2v) is 6.89. The first-order valence-corrected chi connectivity index (χ1v) is 9.15. The van der Waals surface area contributed by atoms with E-state index in [-0.39, 0.29) is 28.7 Å². The van der Waals surface area contributed by atoms with Crippen LogP contribution in [-0.4, -0.2) is 17.8 Å². The van der Waals surface area contributed by atoms with E-state index in [4.69, 9.17) is 37.1 Å². The Labute approximate surface area is 175 Å². The van der Waals surface area contributed by atoms with Crippen LogP contribution in [0.4, 0.5) is 5.69 Å². The number of nitrogens with one attached hydrogen (secondary N) is 1. The van der Waals surface area contributed by atoms with Gasteiger partial charge >= 0.3 is 11.9 Å². The fourth-order valence-electron chi connectivity index (χ4n) is 2.64. The lowest BCUT2D eigenvalue weighted by atomic mass is 10.2. The number of carbonyl (C=O) groups excluding carboxylic acids is 3. The summed E-state index contributed by atoms with van der Waals surface area (Å²) in [5.74, 6) is -0.981. The van der Waals surface area contributed by atoms with E-state index in [1.54, 1.807) is 18.2 Å². The maximum absolute atomic E-state index is 12.5. The Morgan fingerprint density at radius 2 is 1.72 bits per heavy atom. The third-order valence-electron chi connectivity index (χ3n) is 3.72. The van der Waals surface area contributed by atoms with Gasteiger partial charge in [0.15, 0.2) is 11.5 Å². The van der Waals surface area contributed by atoms with Gasteiger partial charge in [-0.15, -0.1) is 0 Å². The van der Waals surface area contributed by atoms with Crippen molar-refractivity contribution >= 4 is 57.7 Å². The van der Waals surface area contributed by atoms with Gasteiger partial charge in [-0.2, -0.15) is 0 Å². The number of carbonyl (C=O) groups is 3. The summed E-state index contributed by atoms with van der Waals surface area (Å²) in [5, 5.41) is 3.83. The lowest BCUT2D eigenvalue weighted by Gasteiger charge is -2.07. The summed E-state index contributed by atoms with van der Waals surface area (Å²) in [6, 6.07) is 9.24. The SMILES string of the molecule is CC(=O)Oc1ccc2c(OC(C)=O)c(CC(=O)Nc3ccc(Cl)cc3Cl)oc2c1. The molecular formula is C20H15Cl2NO6. The summed E-state index contributed by atoms with van der Waals surface area (Å²) < 4.78 is 16.0. The van der Waals surface area contributed by atoms with E-state index in [9.17, 15) is 14.4 Å². The number of hydrogen-bond acceptors (Lipinski definition) is 6. The molecular weight excluding hydrogens is 421 g/mol. The number of furan rings is 1. The standard InChI is InChI=1S/C20H15Cl2NO6/c1-10(24)27-13-4-5-14-17(8-13)29-18(20(14)28-11(2)25)9-19(26)23-16-6-3-12(21)7-15(16)22/h3-8H,9H2,1-2H3,(H,23,26). The largest absolute Gasteiger partial charge is 0.456 e. The lowest BCUT2D eigenvalue weighted by molar-refractivity contribution is -0.132. The number of ether oxygens (including phenoxy) is 2. The van der Waals surface area contributed by atoms with E-state index in [0.717, 1.165) is 0 Å². The first-order chi connectivity index (χ1) is 13.7. The van der Waals surface area contributed by atoms with Crippen LogP contribution in [0.1, 0.15) is 19.6 Å². The first kappa shape index (κ1) is 20.7. The van der Waals surface area contributed by atoms with Gasteiger partial charge in [0, 0.05) is 24.9 Å². The molecule has 1 amide bonds. The number of anilines is 1. The van der Waals surface area contributed by atoms with Crippen LogP contribution in [-0.2, 0) is 20.8 Å². The number of halogens is 2. The molecule has 1 N–H and O–H groups in total. The predicted molar refractivity (Wildman–Crippen MR) is 108 cm³/mol. The molecule has 0 saturated carbocycles. The fourth-order valence-corrected chi connectivity index (χ4v) is 3.09. The summed E-state index contributed by atoms with van der Waals surface area (Å²) in [6.07, 6.45) is -0.223. The van der Waals surface area contributed by atoms with E-state index in [1.807, 2.05) is 0 Å². The second kappa shape index (κ2) is 8.55. The van der Waals surface area contributed by atoms with Gasteiger partial charge in [0.2, 0.25) is 5.91 Å². The van der Waals surface area contributed by atoms with Crippen LogP contribution in [0.25, 0.3) is 11.0 Å². The molecule has 0 bridgehead atoms. The van der Waals surface area contributed by atoms with Crippen molar-refractivity contribution in [3.8, 4) is 11.5 Å². The monoisotopic (exact) mass is 435 g/mol. The van der Waals surface area contributed by atoms with E-state index >= 15 is 0 Å². The van der Waals surface area contributed by atoms with Crippen molar-refractivity contribution in [2.75, 3.05) is 5.32 Å². The lowest BCUT2D eigenvalue weighted by Crippen LogP contribution is -2.15. The maximum atomic E-state index is 12.5. The van der Waals surface area contributed by atoms with Gasteiger partial charge in [-0.3, -0.25) is 14.4 Å². The Hall–Kier alpha value is -3.03. The van der Waals surface area contributed by atoms with Crippen LogP contribution in [0.3, 0.4) is 0 Å². The molecule has 150 valence electrons. The Morgan fingerprint density at radius 3 is 2.38 bits per heavy atom. The molecule has 0 atom stereocenters. The molecule has 0 spiro atoms. The number of rotatable bonds is 5. The molecule has 29 heavy (non-hydrogen) atoms. The van der Waals surface area contributed by atoms with Crippen LogP contribution < -0.4 is 14.8 Å². The second-order valence-electron chi connectivity index (χ2n) is 6.05. The Morgan fingerprint density at radius 1 is 1.00 bits per heavy atom. The molecule has 3 rings (SSSR count). The molecule has 2 aromatic carbocycles. The van der Waals surface area contributed by atoms with E-state index < -0.39 is 17.8 Å². The average molecular weight is 436 g/mol. The van der Waals surface area contributed by atoms with Crippen molar-refractivity contribution in [3.63, 3.8) is 0 Å². The number of hydrogen-bond donors (Lipinski definition) is 1. The van der Waals surface area contributed by atoms with Gasteiger partial charge in [-0.1, -0.05) is 23.2 Å². The highest BCUT2D eigenvalue weighted by atomic mass is 35.5. The molecule has 7 nitrogen and oxygen atoms in total. The molecule has 0 radical (unpaired) electrons. The molecule has 0 unspecified atom stereocenters. The molecule has 1 aromatic heterocycles. The molecule has 0 aliphatic carbocycles. The highest BCUT2D eigenvalue weighted by molar-refractivity contribution is 6.36. The number of amides is 1. The molecule has 3 aromatic rings. The van der Waals surface area contributed by atoms with Crippen molar-refractivity contribution in [3.05, 3.63) is 52.2 Å². The summed E-state index contributed by atoms with van der Waals surface area (Å²) in [7, 11) is 0. The van der Waals surface area contributed by atoms with Gasteiger partial charge in [0.1, 0.15) is 11.3 Å². The Bertz CT molecular complexity index is 1120. The van der Waals surface area contributed by atoms with Gasteiger partial charge in [-0.25, -0.2) is 0 Å². The smallest absolute Gasteiger partial charge is 0.308 e. The number of fused-ring (bicyclic) bond motifs is 1. The quantitative estimate of drug-likeness (QED) is 0.457. The normalized spacial score (nSPS) is 10.6. The Kier molecular flexibility index (Phi) is 6.10. The average Bonchev–Trinajstić information content (AvgIpc) is 2.92. The first-order valence-electron chi connectivity index (χ1n) is 8.40. The van der Waals surface area contributed by atoms with Crippen molar-refractivity contribution < 1.29 is 28.3 Å². The summed E-state index contributed by atoms with van der Waals surface area (Å²) in [4.78, 5) is 35.1. The predicted octanol–water partition coefficient (Wildman–Crippen LogP) is 4.77. The minimum Gasteiger partial charge on any atom is -0.456 e. The van der Waals surface area contributed by atoms with Crippen LogP contribution >= 0.6 is 23.2 Å². The molecule has 0 aliphatic heterocycles. The zero-order valence-corrected chi connectivity index (χ0v) is 16.9. The summed E-state index contributed by atoms with van der Waals surface area (Å²) in [6.45, 7) is 2.51. The zero-order valence-electron chi connectivity index (χ0n) is 15.4. The van der Waals surface area contributed by atoms with E-state index in [1.165, 1.54) is 32.0 Å². The van der Waals surface area contributed by atoms with Crippen LogP contribution in [0.5, 0.6) is 11.5 Å². The molecule has 1 heterocycles. The summed E-state index contributed by atoms with van der Waals surface area (Å²) >= 11 is 11.9. The van der Waals surface area contributed by atoms with Gasteiger partial charge in [0.25, 0.3) is 0 Å². The van der Waals surface area contributed by atoms with Crippen LogP contribution in [0, 0.1) is 0 Å². The zero-order chi connectivity index (χ0) is 21.1. The highest BCUT2D eigenvalue weighted by Crippen LogP contribution is 2.36. The molecule has 0 aliphatic rings. The van der Waals surface area contributed by atoms with Crippen molar-refractivity contribution in [2.24, 2.45) is 0 Å². The number of benzene rings is 2. The molecule has 0 saturated heterocycles. The van der Waals surface area contributed by atoms with Crippen molar-refractivity contribution in [2.45, 2.75) is 20.3 Å². The van der Waals surface area contributed by atoms with Gasteiger partial charge < -0.3 is 19.2 Å². The topological polar surface area (TPSA) is 94.8 Å². The van der Waals surface area contributed by atoms with E-state index in [2.05, 4.69) is 5.32 Å². The van der Waals surface area contributed by atoms with Crippen molar-refractivity contribution in [1.29, 1.82) is 0 Å². The van der Waals surface area contributed by atoms with Crippen LogP contribution in [0.15, 0.2) is 40.8 Å².